The van der Waals surface area contributed by atoms with Crippen molar-refractivity contribution in [2.24, 2.45) is 0 Å². The lowest BCUT2D eigenvalue weighted by atomic mass is 10.1. The number of nitrogens with one attached hydrogen (secondary N) is 2. The van der Waals surface area contributed by atoms with Gasteiger partial charge in [-0.1, -0.05) is 0 Å². The van der Waals surface area contributed by atoms with E-state index in [0.29, 0.717) is 11.5 Å². The lowest BCUT2D eigenvalue weighted by Gasteiger charge is -2.29. The minimum Gasteiger partial charge on any atom is -0.346 e. The van der Waals surface area contributed by atoms with E-state index in [1.807, 2.05) is 26.0 Å². The Morgan fingerprint density at radius 3 is 2.63 bits per heavy atom. The predicted octanol–water partition coefficient (Wildman–Crippen LogP) is 2.36. The van der Waals surface area contributed by atoms with E-state index in [0.717, 1.165) is 22.5 Å². The third kappa shape index (κ3) is 1.64. The molecule has 0 fully saturated rings. The Labute approximate surface area is 109 Å². The Balaban J connectivity index is 2.25. The number of hydrogen-bond donors (Lipinski definition) is 2. The van der Waals surface area contributed by atoms with Crippen LogP contribution in [0.3, 0.4) is 0 Å². The fourth-order valence-corrected chi connectivity index (χ4v) is 2.22. The number of nitrogens with zero attached hydrogens (tertiary/aromatic N) is 2. The van der Waals surface area contributed by atoms with Crippen LogP contribution in [-0.4, -0.2) is 17.0 Å². The number of H-pyrrole nitrogens is 1. The molecule has 1 aromatic heterocycles. The summed E-state index contributed by atoms with van der Waals surface area (Å²) in [5.41, 5.74) is 3.86. The summed E-state index contributed by atoms with van der Waals surface area (Å²) in [6.07, 6.45) is 0. The molecule has 6 heteroatoms. The molecule has 97 valence electrons. The Hall–Kier alpha value is -2.50. The van der Waals surface area contributed by atoms with Gasteiger partial charge in [0.1, 0.15) is 5.69 Å². The average molecular weight is 257 g/mol. The van der Waals surface area contributed by atoms with Crippen molar-refractivity contribution in [1.29, 1.82) is 0 Å². The number of aryl methyl sites for hydroxylation is 2. The molecule has 19 heavy (non-hydrogen) atoms. The van der Waals surface area contributed by atoms with Crippen molar-refractivity contribution in [2.75, 3.05) is 17.3 Å². The van der Waals surface area contributed by atoms with Crippen molar-refractivity contribution in [1.82, 2.24) is 9.97 Å². The summed E-state index contributed by atoms with van der Waals surface area (Å²) in [6, 6.07) is 3.35. The molecule has 0 aliphatic carbocycles. The maximum absolute atomic E-state index is 11.8. The molecule has 1 aliphatic rings. The van der Waals surface area contributed by atoms with Crippen LogP contribution in [0.4, 0.5) is 22.9 Å². The fraction of sp³-hybridized carbons (Fsp3) is 0.231. The van der Waals surface area contributed by atoms with Gasteiger partial charge >= 0.3 is 6.01 Å². The Kier molecular flexibility index (Phi) is 2.28. The molecule has 1 aromatic carbocycles. The van der Waals surface area contributed by atoms with Gasteiger partial charge in [-0.15, -0.1) is 0 Å². The number of anilines is 4. The second kappa shape index (κ2) is 3.74. The monoisotopic (exact) mass is 257 g/mol. The maximum Gasteiger partial charge on any atom is 0.349 e. The van der Waals surface area contributed by atoms with Gasteiger partial charge < -0.3 is 10.2 Å². The van der Waals surface area contributed by atoms with E-state index in [2.05, 4.69) is 15.3 Å². The highest BCUT2D eigenvalue weighted by Gasteiger charge is 2.25. The summed E-state index contributed by atoms with van der Waals surface area (Å²) in [5.74, 6) is 0.351. The van der Waals surface area contributed by atoms with Crippen LogP contribution >= 0.6 is 0 Å². The summed E-state index contributed by atoms with van der Waals surface area (Å²) >= 11 is 0. The number of rotatable bonds is 0. The van der Waals surface area contributed by atoms with Crippen LogP contribution in [0, 0.1) is 13.8 Å². The van der Waals surface area contributed by atoms with Crippen LogP contribution < -0.4 is 15.8 Å². The second-order valence-corrected chi connectivity index (χ2v) is 4.71. The third-order valence-electron chi connectivity index (χ3n) is 3.43. The number of aromatic amines is 1. The van der Waals surface area contributed by atoms with Gasteiger partial charge in [-0.3, -0.25) is 9.78 Å². The molecule has 0 amide bonds. The largest absolute Gasteiger partial charge is 0.349 e. The zero-order valence-corrected chi connectivity index (χ0v) is 10.9. The van der Waals surface area contributed by atoms with Crippen molar-refractivity contribution >= 4 is 22.9 Å². The Morgan fingerprint density at radius 1 is 1.21 bits per heavy atom. The van der Waals surface area contributed by atoms with Crippen molar-refractivity contribution in [3.05, 3.63) is 33.6 Å². The van der Waals surface area contributed by atoms with Crippen LogP contribution in [0.15, 0.2) is 16.9 Å². The van der Waals surface area contributed by atoms with Gasteiger partial charge in [0.05, 0.1) is 11.4 Å². The van der Waals surface area contributed by atoms with Crippen molar-refractivity contribution in [3.63, 3.8) is 0 Å². The first-order valence-electron chi connectivity index (χ1n) is 5.90. The molecular formula is C13H13N4O2. The van der Waals surface area contributed by atoms with Crippen LogP contribution in [0.2, 0.25) is 0 Å². The van der Waals surface area contributed by atoms with Gasteiger partial charge in [0, 0.05) is 7.05 Å². The van der Waals surface area contributed by atoms with Gasteiger partial charge in [0.15, 0.2) is 5.82 Å². The van der Waals surface area contributed by atoms with Gasteiger partial charge in [-0.05, 0) is 37.1 Å². The number of fused-ring (bicyclic) bond motifs is 2. The first-order chi connectivity index (χ1) is 8.97. The molecule has 0 bridgehead atoms. The zero-order valence-electron chi connectivity index (χ0n) is 10.9. The lowest BCUT2D eigenvalue weighted by molar-refractivity contribution is 0.318. The Bertz CT molecular complexity index is 736. The van der Waals surface area contributed by atoms with Crippen LogP contribution in [0.5, 0.6) is 6.01 Å². The van der Waals surface area contributed by atoms with Crippen LogP contribution in [0.25, 0.3) is 0 Å². The number of hydrogen-bond acceptors (Lipinski definition) is 4. The molecule has 0 atom stereocenters. The van der Waals surface area contributed by atoms with Crippen LogP contribution in [-0.2, 0) is 5.11 Å². The highest BCUT2D eigenvalue weighted by molar-refractivity contribution is 5.90. The number of benzene rings is 1. The van der Waals surface area contributed by atoms with E-state index >= 15 is 0 Å². The maximum atomic E-state index is 11.8. The van der Waals surface area contributed by atoms with E-state index < -0.39 is 11.6 Å². The zero-order chi connectivity index (χ0) is 13.7. The molecule has 6 nitrogen and oxygen atoms in total. The molecule has 1 aliphatic heterocycles. The summed E-state index contributed by atoms with van der Waals surface area (Å²) < 4.78 is 0. The summed E-state index contributed by atoms with van der Waals surface area (Å²) in [5, 5.41) is 14.4. The molecule has 0 saturated carbocycles. The molecule has 0 spiro atoms. The molecule has 0 unspecified atom stereocenters. The first-order valence-corrected chi connectivity index (χ1v) is 5.90. The van der Waals surface area contributed by atoms with Crippen LogP contribution in [0.1, 0.15) is 11.1 Å². The quantitative estimate of drug-likeness (QED) is 0.759. The predicted molar refractivity (Wildman–Crippen MR) is 72.3 cm³/mol. The highest BCUT2D eigenvalue weighted by atomic mass is 16.3. The molecule has 2 aromatic rings. The molecule has 2 heterocycles. The summed E-state index contributed by atoms with van der Waals surface area (Å²) in [7, 11) is 1.79. The topological polar surface area (TPSA) is 80.9 Å². The molecular weight excluding hydrogens is 244 g/mol. The van der Waals surface area contributed by atoms with Gasteiger partial charge in [0.25, 0.3) is 5.56 Å². The fourth-order valence-electron chi connectivity index (χ4n) is 2.22. The highest BCUT2D eigenvalue weighted by Crippen LogP contribution is 2.41. The van der Waals surface area contributed by atoms with Crippen molar-refractivity contribution in [2.45, 2.75) is 13.8 Å². The van der Waals surface area contributed by atoms with E-state index in [-0.39, 0.29) is 0 Å². The normalized spacial score (nSPS) is 12.7. The van der Waals surface area contributed by atoms with Gasteiger partial charge in [0.2, 0.25) is 0 Å². The van der Waals surface area contributed by atoms with Gasteiger partial charge in [-0.2, -0.15) is 4.98 Å². The summed E-state index contributed by atoms with van der Waals surface area (Å²) in [4.78, 5) is 19.6. The van der Waals surface area contributed by atoms with Crippen molar-refractivity contribution < 1.29 is 5.11 Å². The average Bonchev–Trinajstić information content (AvgIpc) is 2.34. The standard InChI is InChI=1S/C13H13N4O2/c1-6-4-8-9(5-7(6)2)17(3)11-10(14-8)12(18)16-13(19)15-11/h4-5,14H,1-3H3,(H,15,16,18). The molecule has 1 radical (unpaired) electrons. The molecule has 0 saturated heterocycles. The second-order valence-electron chi connectivity index (χ2n) is 4.71. The third-order valence-corrected chi connectivity index (χ3v) is 3.43. The van der Waals surface area contributed by atoms with E-state index in [4.69, 9.17) is 0 Å². The molecule has 2 N–H and O–H groups in total. The minimum absolute atomic E-state index is 0.304. The lowest BCUT2D eigenvalue weighted by Crippen LogP contribution is -2.25. The number of aromatic nitrogens is 2. The van der Waals surface area contributed by atoms with E-state index in [9.17, 15) is 9.90 Å². The van der Waals surface area contributed by atoms with E-state index in [1.165, 1.54) is 0 Å². The SMILES string of the molecule is Cc1cc2c(cc1C)N(C)c1nc([O])[nH]c(=O)c1N2. The van der Waals surface area contributed by atoms with Gasteiger partial charge in [-0.25, -0.2) is 5.11 Å². The van der Waals surface area contributed by atoms with E-state index in [1.54, 1.807) is 11.9 Å². The first kappa shape index (κ1) is 11.6. The smallest absolute Gasteiger partial charge is 0.346 e. The summed E-state index contributed by atoms with van der Waals surface area (Å²) in [6.45, 7) is 4.03. The van der Waals surface area contributed by atoms with Crippen molar-refractivity contribution in [3.8, 4) is 6.01 Å². The minimum atomic E-state index is -0.635. The molecule has 3 rings (SSSR count). The Morgan fingerprint density at radius 2 is 1.89 bits per heavy atom.